The summed E-state index contributed by atoms with van der Waals surface area (Å²) in [6, 6.07) is 8.86. The Balaban J connectivity index is 1.46. The quantitative estimate of drug-likeness (QED) is 0.415. The number of nitrogens with two attached hydrogens (primary N) is 1. The Kier molecular flexibility index (Phi) is 7.84. The molecule has 2 amide bonds. The number of carbonyl (C=O) groups is 2. The normalized spacial score (nSPS) is 17.3. The summed E-state index contributed by atoms with van der Waals surface area (Å²) >= 11 is 0. The number of benzene rings is 1. The van der Waals surface area contributed by atoms with Crippen molar-refractivity contribution in [1.82, 2.24) is 20.0 Å². The third-order valence-corrected chi connectivity index (χ3v) is 10.6. The summed E-state index contributed by atoms with van der Waals surface area (Å²) in [4.78, 5) is 27.9. The van der Waals surface area contributed by atoms with Gasteiger partial charge in [0.25, 0.3) is 11.8 Å². The Hall–Kier alpha value is -3.34. The van der Waals surface area contributed by atoms with Crippen molar-refractivity contribution in [2.45, 2.75) is 55.5 Å². The molecular weight excluding hydrogens is 527 g/mol. The lowest BCUT2D eigenvalue weighted by atomic mass is 10.0. The average molecular weight is 561 g/mol. The van der Waals surface area contributed by atoms with Crippen LogP contribution in [0, 0.1) is 11.3 Å². The molecule has 0 saturated heterocycles. The first-order valence-electron chi connectivity index (χ1n) is 12.7. The van der Waals surface area contributed by atoms with Gasteiger partial charge in [-0.05, 0) is 50.8 Å². The van der Waals surface area contributed by atoms with Crippen LogP contribution in [0.2, 0.25) is 0 Å². The fourth-order valence-electron chi connectivity index (χ4n) is 4.89. The van der Waals surface area contributed by atoms with Crippen LogP contribution in [0.4, 0.5) is 4.39 Å². The predicted molar refractivity (Wildman–Crippen MR) is 140 cm³/mol. The molecule has 0 radical (unpaired) electrons. The molecule has 39 heavy (non-hydrogen) atoms. The van der Waals surface area contributed by atoms with Gasteiger partial charge in [-0.15, -0.1) is 0 Å². The zero-order valence-electron chi connectivity index (χ0n) is 22.2. The zero-order chi connectivity index (χ0) is 28.6. The number of alkyl halides is 1. The number of rotatable bonds is 11. The molecule has 210 valence electrons. The number of aromatic nitrogens is 2. The van der Waals surface area contributed by atoms with Crippen molar-refractivity contribution < 1.29 is 27.1 Å². The molecular formula is C26H33FN6O5S. The standard InChI is InChI=1S/C26H33FN6O5S/c1-25(2,16-38-20(27)13-29)39(36,37)26(9-10-26)15-33-11-8-19-21(31-32(3)22(19)24(33)35)23(34)30-14-18-6-4-17(12-28)5-7-18/h4-7,20H,8-11,13-16,29H2,1-3H3,(H,30,34)/t20-/m0/s1. The molecule has 11 nitrogen and oxygen atoms in total. The maximum absolute atomic E-state index is 13.6. The number of nitriles is 1. The summed E-state index contributed by atoms with van der Waals surface area (Å²) < 4.78 is 44.6. The van der Waals surface area contributed by atoms with Crippen molar-refractivity contribution in [3.8, 4) is 6.07 Å². The van der Waals surface area contributed by atoms with Crippen molar-refractivity contribution >= 4 is 21.7 Å². The van der Waals surface area contributed by atoms with Crippen LogP contribution in [0.5, 0.6) is 0 Å². The van der Waals surface area contributed by atoms with Gasteiger partial charge in [0, 0.05) is 38.8 Å². The molecule has 1 aliphatic carbocycles. The van der Waals surface area contributed by atoms with Gasteiger partial charge < -0.3 is 20.7 Å². The van der Waals surface area contributed by atoms with E-state index >= 15 is 0 Å². The molecule has 2 aromatic rings. The number of hydrogen-bond donors (Lipinski definition) is 2. The second-order valence-corrected chi connectivity index (χ2v) is 13.6. The van der Waals surface area contributed by atoms with Crippen molar-refractivity contribution in [2.75, 3.05) is 26.2 Å². The van der Waals surface area contributed by atoms with Crippen molar-refractivity contribution in [3.05, 3.63) is 52.3 Å². The number of halogens is 1. The van der Waals surface area contributed by atoms with Crippen LogP contribution in [-0.2, 0) is 34.6 Å². The van der Waals surface area contributed by atoms with Crippen LogP contribution in [0.3, 0.4) is 0 Å². The monoisotopic (exact) mass is 560 g/mol. The van der Waals surface area contributed by atoms with Gasteiger partial charge in [0.15, 0.2) is 15.5 Å². The van der Waals surface area contributed by atoms with E-state index in [0.29, 0.717) is 30.4 Å². The highest BCUT2D eigenvalue weighted by Crippen LogP contribution is 2.49. The number of nitrogens with zero attached hydrogens (tertiary/aromatic N) is 4. The number of nitrogens with one attached hydrogen (secondary N) is 1. The van der Waals surface area contributed by atoms with E-state index in [-0.39, 0.29) is 50.1 Å². The summed E-state index contributed by atoms with van der Waals surface area (Å²) in [6.45, 7) is 2.73. The molecule has 2 aliphatic rings. The first kappa shape index (κ1) is 28.7. The minimum Gasteiger partial charge on any atom is -0.347 e. The lowest BCUT2D eigenvalue weighted by molar-refractivity contribution is -0.0386. The molecule has 3 N–H and O–H groups in total. The van der Waals surface area contributed by atoms with Crippen LogP contribution in [0.25, 0.3) is 0 Å². The van der Waals surface area contributed by atoms with Gasteiger partial charge in [-0.1, -0.05) is 12.1 Å². The number of carbonyl (C=O) groups excluding carboxylic acids is 2. The largest absolute Gasteiger partial charge is 0.347 e. The highest BCUT2D eigenvalue weighted by molar-refractivity contribution is 7.94. The van der Waals surface area contributed by atoms with Crippen LogP contribution in [-0.4, -0.2) is 77.0 Å². The third kappa shape index (κ3) is 5.41. The number of aryl methyl sites for hydroxylation is 1. The maximum atomic E-state index is 13.6. The number of amides is 2. The molecule has 0 unspecified atom stereocenters. The van der Waals surface area contributed by atoms with E-state index in [1.807, 2.05) is 6.07 Å². The SMILES string of the molecule is Cn1nc(C(=O)NCc2ccc(C#N)cc2)c2c1C(=O)N(CC1(S(=O)(=O)C(C)(C)CO[C@H](F)CN)CC1)CC2. The van der Waals surface area contributed by atoms with E-state index in [0.717, 1.165) is 5.56 Å². The van der Waals surface area contributed by atoms with Gasteiger partial charge in [-0.3, -0.25) is 14.3 Å². The Morgan fingerprint density at radius 1 is 1.33 bits per heavy atom. The number of hydrogen-bond acceptors (Lipinski definition) is 8. The molecule has 4 rings (SSSR count). The van der Waals surface area contributed by atoms with Gasteiger partial charge in [0.2, 0.25) is 6.36 Å². The molecule has 0 spiro atoms. The number of sulfone groups is 1. The van der Waals surface area contributed by atoms with Gasteiger partial charge in [-0.25, -0.2) is 12.8 Å². The lowest BCUT2D eigenvalue weighted by Crippen LogP contribution is -2.52. The second kappa shape index (κ2) is 10.7. The van der Waals surface area contributed by atoms with Gasteiger partial charge >= 0.3 is 0 Å². The number of fused-ring (bicyclic) bond motifs is 1. The summed E-state index contributed by atoms with van der Waals surface area (Å²) in [5.74, 6) is -0.816. The molecule has 1 aromatic heterocycles. The Morgan fingerprint density at radius 2 is 2.00 bits per heavy atom. The lowest BCUT2D eigenvalue weighted by Gasteiger charge is -2.35. The van der Waals surface area contributed by atoms with Crippen molar-refractivity contribution in [3.63, 3.8) is 0 Å². The van der Waals surface area contributed by atoms with Crippen LogP contribution in [0.1, 0.15) is 64.4 Å². The molecule has 2 heterocycles. The molecule has 13 heteroatoms. The Bertz CT molecular complexity index is 1410. The van der Waals surface area contributed by atoms with E-state index in [1.54, 1.807) is 31.3 Å². The smallest absolute Gasteiger partial charge is 0.272 e. The van der Waals surface area contributed by atoms with Crippen LogP contribution < -0.4 is 11.1 Å². The van der Waals surface area contributed by atoms with E-state index in [4.69, 9.17) is 15.7 Å². The van der Waals surface area contributed by atoms with Crippen LogP contribution in [0.15, 0.2) is 24.3 Å². The van der Waals surface area contributed by atoms with Gasteiger partial charge in [0.05, 0.1) is 27.7 Å². The zero-order valence-corrected chi connectivity index (χ0v) is 23.1. The van der Waals surface area contributed by atoms with Gasteiger partial charge in [-0.2, -0.15) is 10.4 Å². The summed E-state index contributed by atoms with van der Waals surface area (Å²) in [6.07, 6.45) is -0.631. The number of ether oxygens (including phenoxy) is 1. The van der Waals surface area contributed by atoms with Crippen molar-refractivity contribution in [1.29, 1.82) is 5.26 Å². The van der Waals surface area contributed by atoms with E-state index in [1.165, 1.54) is 23.4 Å². The van der Waals surface area contributed by atoms with E-state index in [9.17, 15) is 22.4 Å². The van der Waals surface area contributed by atoms with E-state index in [2.05, 4.69) is 10.4 Å². The van der Waals surface area contributed by atoms with Crippen molar-refractivity contribution in [2.24, 2.45) is 12.8 Å². The summed E-state index contributed by atoms with van der Waals surface area (Å²) in [5, 5.41) is 16.0. The fourth-order valence-corrected chi connectivity index (χ4v) is 7.25. The topological polar surface area (TPSA) is 160 Å². The molecule has 1 fully saturated rings. The minimum absolute atomic E-state index is 0.00161. The average Bonchev–Trinajstić information content (AvgIpc) is 3.63. The minimum atomic E-state index is -3.82. The summed E-state index contributed by atoms with van der Waals surface area (Å²) in [5.41, 5.74) is 7.49. The second-order valence-electron chi connectivity index (χ2n) is 10.7. The van der Waals surface area contributed by atoms with Gasteiger partial charge in [0.1, 0.15) is 5.69 Å². The Morgan fingerprint density at radius 3 is 2.59 bits per heavy atom. The molecule has 1 aromatic carbocycles. The van der Waals surface area contributed by atoms with Crippen LogP contribution >= 0.6 is 0 Å². The maximum Gasteiger partial charge on any atom is 0.272 e. The third-order valence-electron chi connectivity index (χ3n) is 7.40. The first-order chi connectivity index (χ1) is 18.4. The summed E-state index contributed by atoms with van der Waals surface area (Å²) in [7, 11) is -2.24. The molecule has 1 aliphatic heterocycles. The molecule has 1 atom stereocenters. The highest BCUT2D eigenvalue weighted by atomic mass is 32.2. The first-order valence-corrected chi connectivity index (χ1v) is 14.2. The van der Waals surface area contributed by atoms with E-state index < -0.39 is 31.6 Å². The molecule has 1 saturated carbocycles. The molecule has 0 bridgehead atoms. The predicted octanol–water partition coefficient (Wildman–Crippen LogP) is 1.22. The Labute approximate surface area is 227 Å². The fraction of sp³-hybridized carbons (Fsp3) is 0.538. The highest BCUT2D eigenvalue weighted by Gasteiger charge is 2.61.